The van der Waals surface area contributed by atoms with Gasteiger partial charge in [-0.25, -0.2) is 23.5 Å². The number of nitrogens with one attached hydrogen (secondary N) is 1. The number of hydrogen-bond acceptors (Lipinski definition) is 10. The number of rotatable bonds is 4. The Bertz CT molecular complexity index is 1970. The molecule has 238 valence electrons. The minimum absolute atomic E-state index is 0.0267. The van der Waals surface area contributed by atoms with Gasteiger partial charge < -0.3 is 14.4 Å². The molecule has 2 saturated heterocycles. The summed E-state index contributed by atoms with van der Waals surface area (Å²) < 4.78 is 43.3. The lowest BCUT2D eigenvalue weighted by molar-refractivity contribution is -0.0786. The van der Waals surface area contributed by atoms with Crippen molar-refractivity contribution in [1.29, 1.82) is 5.26 Å². The number of aromatic nitrogens is 3. The predicted molar refractivity (Wildman–Crippen MR) is 170 cm³/mol. The average molecular weight is 646 g/mol. The molecule has 1 spiro atoms. The highest BCUT2D eigenvalue weighted by atomic mass is 32.1. The summed E-state index contributed by atoms with van der Waals surface area (Å²) in [6.07, 6.45) is 6.91. The van der Waals surface area contributed by atoms with Crippen LogP contribution >= 0.6 is 11.3 Å². The monoisotopic (exact) mass is 645 g/mol. The molecule has 8 rings (SSSR count). The molecule has 13 heteroatoms. The fourth-order valence-electron chi connectivity index (χ4n) is 7.44. The average Bonchev–Trinajstić information content (AvgIpc) is 3.71. The zero-order valence-electron chi connectivity index (χ0n) is 25.9. The molecule has 10 nitrogen and oxygen atoms in total. The normalized spacial score (nSPS) is 20.5. The Kier molecular flexibility index (Phi) is 6.72. The molecule has 1 aromatic carbocycles. The summed E-state index contributed by atoms with van der Waals surface area (Å²) in [5, 5.41) is 13.5. The van der Waals surface area contributed by atoms with Gasteiger partial charge in [0.05, 0.1) is 35.4 Å². The summed E-state index contributed by atoms with van der Waals surface area (Å²) in [7, 11) is 0. The van der Waals surface area contributed by atoms with Crippen molar-refractivity contribution >= 4 is 49.4 Å². The number of ether oxygens (including phenoxy) is 2. The van der Waals surface area contributed by atoms with E-state index in [1.54, 1.807) is 27.0 Å². The van der Waals surface area contributed by atoms with Gasteiger partial charge in [0.2, 0.25) is 5.95 Å². The topological polar surface area (TPSA) is 116 Å². The number of halogens is 2. The summed E-state index contributed by atoms with van der Waals surface area (Å²) in [6, 6.07) is 2.51. The van der Waals surface area contributed by atoms with Crippen molar-refractivity contribution in [3.05, 3.63) is 40.7 Å². The second kappa shape index (κ2) is 10.5. The number of fused-ring (bicyclic) bond motifs is 4. The van der Waals surface area contributed by atoms with E-state index in [1.807, 2.05) is 0 Å². The second-order valence-corrected chi connectivity index (χ2v) is 14.9. The number of thiophene rings is 1. The Morgan fingerprint density at radius 2 is 1.98 bits per heavy atom. The zero-order valence-corrected chi connectivity index (χ0v) is 26.7. The van der Waals surface area contributed by atoms with Crippen molar-refractivity contribution in [2.45, 2.75) is 71.3 Å². The predicted octanol–water partition coefficient (Wildman–Crippen LogP) is 6.50. The van der Waals surface area contributed by atoms with Gasteiger partial charge in [-0.3, -0.25) is 15.2 Å². The number of carbonyl (C=O) groups is 1. The standard InChI is InChI=1S/C33H33F2N7O3S/c1-32(2,3)45-31(43)40-29-18(9-36)24-27(37-11-22(34)28(24)46-29)23-21-14-44-13-20(21)19-10-38-30(39-26(19)25(23)35)41-8-5-17(12-41)42-15-33(16-42)6-4-7-33/h10-11,17H,4-8,12-16H2,1-3H3,(H,40,43)/t17-/m1/s1. The van der Waals surface area contributed by atoms with Crippen molar-refractivity contribution in [2.75, 3.05) is 36.4 Å². The van der Waals surface area contributed by atoms with Crippen LogP contribution in [0.5, 0.6) is 0 Å². The van der Waals surface area contributed by atoms with E-state index in [4.69, 9.17) is 14.5 Å². The first-order valence-corrected chi connectivity index (χ1v) is 16.4. The molecule has 3 fully saturated rings. The first kappa shape index (κ1) is 29.4. The van der Waals surface area contributed by atoms with Crippen molar-refractivity contribution < 1.29 is 23.0 Å². The van der Waals surface area contributed by atoms with Crippen LogP contribution in [0, 0.1) is 28.4 Å². The minimum atomic E-state index is -0.790. The molecule has 4 aliphatic rings. The van der Waals surface area contributed by atoms with Crippen molar-refractivity contribution in [3.63, 3.8) is 0 Å². The van der Waals surface area contributed by atoms with E-state index >= 15 is 8.78 Å². The molecular formula is C33H33F2N7O3S. The number of carbonyl (C=O) groups excluding carboxylic acids is 1. The van der Waals surface area contributed by atoms with E-state index in [-0.39, 0.29) is 50.6 Å². The lowest BCUT2D eigenvalue weighted by Gasteiger charge is -2.58. The maximum atomic E-state index is 16.9. The fourth-order valence-corrected chi connectivity index (χ4v) is 8.48. The third-order valence-electron chi connectivity index (χ3n) is 9.77. The molecule has 1 saturated carbocycles. The van der Waals surface area contributed by atoms with Crippen LogP contribution in [0.3, 0.4) is 0 Å². The second-order valence-electron chi connectivity index (χ2n) is 13.9. The summed E-state index contributed by atoms with van der Waals surface area (Å²) in [5.41, 5.74) is 1.36. The Labute approximate surface area is 268 Å². The third kappa shape index (κ3) is 4.68. The number of nitriles is 1. The number of nitrogens with zero attached hydrogens (tertiary/aromatic N) is 6. The number of likely N-dealkylation sites (tertiary alicyclic amines) is 1. The van der Waals surface area contributed by atoms with Crippen LogP contribution in [0.15, 0.2) is 12.4 Å². The molecule has 1 amide bonds. The third-order valence-corrected chi connectivity index (χ3v) is 10.9. The molecule has 3 aromatic heterocycles. The Hall–Kier alpha value is -3.99. The largest absolute Gasteiger partial charge is 0.444 e. The van der Waals surface area contributed by atoms with Crippen LogP contribution in [0.1, 0.15) is 63.1 Å². The van der Waals surface area contributed by atoms with Gasteiger partial charge in [0.25, 0.3) is 0 Å². The van der Waals surface area contributed by atoms with E-state index in [0.717, 1.165) is 55.7 Å². The Balaban J connectivity index is 1.20. The van der Waals surface area contributed by atoms with E-state index in [0.29, 0.717) is 28.4 Å². The van der Waals surface area contributed by atoms with E-state index < -0.39 is 23.3 Å². The summed E-state index contributed by atoms with van der Waals surface area (Å²) in [4.78, 5) is 31.0. The highest BCUT2D eigenvalue weighted by Crippen LogP contribution is 2.50. The Morgan fingerprint density at radius 3 is 2.70 bits per heavy atom. The van der Waals surface area contributed by atoms with Gasteiger partial charge in [-0.2, -0.15) is 5.26 Å². The molecule has 0 bridgehead atoms. The van der Waals surface area contributed by atoms with Gasteiger partial charge in [-0.05, 0) is 56.6 Å². The number of hydrogen-bond donors (Lipinski definition) is 1. The van der Waals surface area contributed by atoms with Crippen molar-refractivity contribution in [3.8, 4) is 17.3 Å². The van der Waals surface area contributed by atoms with E-state index in [9.17, 15) is 10.1 Å². The van der Waals surface area contributed by atoms with Crippen LogP contribution in [0.25, 0.3) is 32.2 Å². The van der Waals surface area contributed by atoms with Crippen LogP contribution in [-0.2, 0) is 22.7 Å². The maximum Gasteiger partial charge on any atom is 0.412 e. The molecular weight excluding hydrogens is 612 g/mol. The SMILES string of the molecule is CC(C)(C)OC(=O)Nc1sc2c(F)cnc(-c3c4c(c5cnc(N6CC[C@@H](N7CC8(CCC8)C7)C6)nc5c3F)COC4)c2c1C#N. The lowest BCUT2D eigenvalue weighted by atomic mass is 9.63. The van der Waals surface area contributed by atoms with Gasteiger partial charge in [0.1, 0.15) is 22.2 Å². The molecule has 0 radical (unpaired) electrons. The van der Waals surface area contributed by atoms with E-state index in [2.05, 4.69) is 31.2 Å². The molecule has 1 N–H and O–H groups in total. The van der Waals surface area contributed by atoms with Crippen LogP contribution in [-0.4, -0.2) is 63.8 Å². The molecule has 1 aliphatic carbocycles. The number of pyridine rings is 1. The highest BCUT2D eigenvalue weighted by Gasteiger charge is 2.50. The first-order valence-electron chi connectivity index (χ1n) is 15.6. The van der Waals surface area contributed by atoms with E-state index in [1.165, 1.54) is 19.3 Å². The van der Waals surface area contributed by atoms with Crippen LogP contribution < -0.4 is 10.2 Å². The molecule has 3 aliphatic heterocycles. The van der Waals surface area contributed by atoms with Crippen molar-refractivity contribution in [2.24, 2.45) is 5.41 Å². The van der Waals surface area contributed by atoms with Crippen molar-refractivity contribution in [1.82, 2.24) is 19.9 Å². The number of benzene rings is 1. The number of anilines is 2. The highest BCUT2D eigenvalue weighted by molar-refractivity contribution is 7.23. The molecule has 6 heterocycles. The van der Waals surface area contributed by atoms with Gasteiger partial charge in [0, 0.05) is 54.8 Å². The molecule has 46 heavy (non-hydrogen) atoms. The molecule has 1 atom stereocenters. The van der Waals surface area contributed by atoms with Gasteiger partial charge >= 0.3 is 6.09 Å². The quantitative estimate of drug-likeness (QED) is 0.266. The minimum Gasteiger partial charge on any atom is -0.444 e. The van der Waals surface area contributed by atoms with Crippen LogP contribution in [0.4, 0.5) is 24.5 Å². The van der Waals surface area contributed by atoms with Gasteiger partial charge in [-0.1, -0.05) is 6.42 Å². The lowest BCUT2D eigenvalue weighted by Crippen LogP contribution is -2.63. The van der Waals surface area contributed by atoms with Crippen LogP contribution in [0.2, 0.25) is 0 Å². The summed E-state index contributed by atoms with van der Waals surface area (Å²) in [5.74, 6) is -0.859. The fraction of sp³-hybridized carbons (Fsp3) is 0.485. The van der Waals surface area contributed by atoms with Gasteiger partial charge in [0.15, 0.2) is 11.6 Å². The Morgan fingerprint density at radius 1 is 1.20 bits per heavy atom. The summed E-state index contributed by atoms with van der Waals surface area (Å²) >= 11 is 0.875. The molecule has 4 aromatic rings. The van der Waals surface area contributed by atoms with Gasteiger partial charge in [-0.15, -0.1) is 11.3 Å². The first-order chi connectivity index (χ1) is 22.0. The smallest absolute Gasteiger partial charge is 0.412 e. The summed E-state index contributed by atoms with van der Waals surface area (Å²) in [6.45, 7) is 9.38. The zero-order chi connectivity index (χ0) is 32.0. The molecule has 0 unspecified atom stereocenters. The maximum absolute atomic E-state index is 16.9. The number of amides is 1.